The van der Waals surface area contributed by atoms with E-state index in [1.54, 1.807) is 0 Å². The van der Waals surface area contributed by atoms with Gasteiger partial charge in [0.2, 0.25) is 0 Å². The van der Waals surface area contributed by atoms with Gasteiger partial charge in [-0.3, -0.25) is 4.90 Å². The molecule has 1 rings (SSSR count). The number of hydrogen-bond acceptors (Lipinski definition) is 3. The van der Waals surface area contributed by atoms with Crippen LogP contribution < -0.4 is 5.32 Å². The summed E-state index contributed by atoms with van der Waals surface area (Å²) in [5.74, 6) is 0. The quantitative estimate of drug-likeness (QED) is 0.590. The van der Waals surface area contributed by atoms with Gasteiger partial charge in [-0.25, -0.2) is 0 Å². The number of aliphatic hydroxyl groups excluding tert-OH is 1. The lowest BCUT2D eigenvalue weighted by Crippen LogP contribution is -2.50. The van der Waals surface area contributed by atoms with Gasteiger partial charge in [0.25, 0.3) is 0 Å². The summed E-state index contributed by atoms with van der Waals surface area (Å²) in [6.45, 7) is 6.89. The molecule has 0 amide bonds. The highest BCUT2D eigenvalue weighted by Crippen LogP contribution is 2.02. The maximum atomic E-state index is 8.64. The molecule has 11 heavy (non-hydrogen) atoms. The summed E-state index contributed by atoms with van der Waals surface area (Å²) in [5, 5.41) is 12.0. The van der Waals surface area contributed by atoms with E-state index in [2.05, 4.69) is 17.1 Å². The lowest BCUT2D eigenvalue weighted by atomic mass is 10.2. The molecule has 0 aromatic heterocycles. The second-order valence-corrected chi connectivity index (χ2v) is 3.17. The molecule has 1 heterocycles. The fourth-order valence-corrected chi connectivity index (χ4v) is 1.49. The normalized spacial score (nSPS) is 27.3. The van der Waals surface area contributed by atoms with Crippen LogP contribution in [0.1, 0.15) is 13.3 Å². The zero-order valence-corrected chi connectivity index (χ0v) is 7.21. The first-order valence-corrected chi connectivity index (χ1v) is 4.40. The summed E-state index contributed by atoms with van der Waals surface area (Å²) in [4.78, 5) is 2.42. The summed E-state index contributed by atoms with van der Waals surface area (Å²) in [5.41, 5.74) is 0. The van der Waals surface area contributed by atoms with E-state index >= 15 is 0 Å². The molecule has 0 aliphatic carbocycles. The number of aliphatic hydroxyl groups is 1. The van der Waals surface area contributed by atoms with E-state index in [9.17, 15) is 0 Å². The molecule has 3 nitrogen and oxygen atoms in total. The monoisotopic (exact) mass is 158 g/mol. The van der Waals surface area contributed by atoms with Gasteiger partial charge in [-0.05, 0) is 13.3 Å². The second kappa shape index (κ2) is 4.70. The molecule has 0 saturated carbocycles. The molecule has 0 spiro atoms. The Bertz CT molecular complexity index is 108. The van der Waals surface area contributed by atoms with E-state index in [4.69, 9.17) is 5.11 Å². The van der Waals surface area contributed by atoms with Crippen molar-refractivity contribution in [1.29, 1.82) is 0 Å². The molecule has 0 aromatic rings. The van der Waals surface area contributed by atoms with Gasteiger partial charge in [0.15, 0.2) is 0 Å². The van der Waals surface area contributed by atoms with Crippen molar-refractivity contribution in [2.24, 2.45) is 0 Å². The summed E-state index contributed by atoms with van der Waals surface area (Å²) in [6.07, 6.45) is 0.907. The third kappa shape index (κ3) is 2.77. The number of nitrogens with one attached hydrogen (secondary N) is 1. The highest BCUT2D eigenvalue weighted by Gasteiger charge is 2.16. The van der Waals surface area contributed by atoms with Gasteiger partial charge >= 0.3 is 0 Å². The highest BCUT2D eigenvalue weighted by molar-refractivity contribution is 4.75. The van der Waals surface area contributed by atoms with Crippen LogP contribution in [0.2, 0.25) is 0 Å². The SMILES string of the molecule is CC1CNCCN1CCCO. The molecule has 66 valence electrons. The number of piperazine rings is 1. The topological polar surface area (TPSA) is 35.5 Å². The third-order valence-corrected chi connectivity index (χ3v) is 2.24. The van der Waals surface area contributed by atoms with Crippen LogP contribution in [0.25, 0.3) is 0 Å². The minimum absolute atomic E-state index is 0.316. The zero-order chi connectivity index (χ0) is 8.10. The van der Waals surface area contributed by atoms with Crippen LogP contribution in [0.5, 0.6) is 0 Å². The summed E-state index contributed by atoms with van der Waals surface area (Å²) >= 11 is 0. The smallest absolute Gasteiger partial charge is 0.0443 e. The Kier molecular flexibility index (Phi) is 3.83. The molecule has 1 atom stereocenters. The van der Waals surface area contributed by atoms with Crippen LogP contribution in [0.15, 0.2) is 0 Å². The van der Waals surface area contributed by atoms with Crippen molar-refractivity contribution < 1.29 is 5.11 Å². The number of nitrogens with zero attached hydrogens (tertiary/aromatic N) is 1. The Balaban J connectivity index is 2.18. The Hall–Kier alpha value is -0.120. The third-order valence-electron chi connectivity index (χ3n) is 2.24. The van der Waals surface area contributed by atoms with E-state index < -0.39 is 0 Å². The minimum atomic E-state index is 0.316. The van der Waals surface area contributed by atoms with Crippen molar-refractivity contribution in [1.82, 2.24) is 10.2 Å². The molecule has 2 N–H and O–H groups in total. The van der Waals surface area contributed by atoms with Crippen molar-refractivity contribution in [3.05, 3.63) is 0 Å². The van der Waals surface area contributed by atoms with Crippen molar-refractivity contribution in [3.8, 4) is 0 Å². The van der Waals surface area contributed by atoms with E-state index in [0.29, 0.717) is 12.6 Å². The van der Waals surface area contributed by atoms with Gasteiger partial charge in [0, 0.05) is 38.8 Å². The maximum absolute atomic E-state index is 8.64. The van der Waals surface area contributed by atoms with Crippen LogP contribution in [0.3, 0.4) is 0 Å². The molecule has 0 aromatic carbocycles. The minimum Gasteiger partial charge on any atom is -0.396 e. The van der Waals surface area contributed by atoms with Crippen molar-refractivity contribution in [3.63, 3.8) is 0 Å². The molecule has 3 heteroatoms. The van der Waals surface area contributed by atoms with Gasteiger partial charge in [-0.1, -0.05) is 0 Å². The maximum Gasteiger partial charge on any atom is 0.0443 e. The molecule has 0 radical (unpaired) electrons. The first-order valence-electron chi connectivity index (χ1n) is 4.40. The van der Waals surface area contributed by atoms with Crippen LogP contribution in [0.4, 0.5) is 0 Å². The van der Waals surface area contributed by atoms with Crippen molar-refractivity contribution in [2.75, 3.05) is 32.8 Å². The van der Waals surface area contributed by atoms with Crippen LogP contribution in [0, 0.1) is 0 Å². The molecular formula is C8H18N2O. The second-order valence-electron chi connectivity index (χ2n) is 3.17. The average Bonchev–Trinajstić information content (AvgIpc) is 2.03. The molecule has 1 unspecified atom stereocenters. The zero-order valence-electron chi connectivity index (χ0n) is 7.21. The van der Waals surface area contributed by atoms with E-state index in [-0.39, 0.29) is 0 Å². The summed E-state index contributed by atoms with van der Waals surface area (Å²) in [6, 6.07) is 0.635. The van der Waals surface area contributed by atoms with Gasteiger partial charge in [0.1, 0.15) is 0 Å². The van der Waals surface area contributed by atoms with Gasteiger partial charge < -0.3 is 10.4 Å². The Labute approximate surface area is 68.4 Å². The van der Waals surface area contributed by atoms with Gasteiger partial charge in [-0.15, -0.1) is 0 Å². The summed E-state index contributed by atoms with van der Waals surface area (Å²) in [7, 11) is 0. The molecule has 0 bridgehead atoms. The Morgan fingerprint density at radius 2 is 2.45 bits per heavy atom. The summed E-state index contributed by atoms with van der Waals surface area (Å²) < 4.78 is 0. The molecule has 1 fully saturated rings. The predicted molar refractivity (Wildman–Crippen MR) is 45.6 cm³/mol. The van der Waals surface area contributed by atoms with Crippen molar-refractivity contribution >= 4 is 0 Å². The standard InChI is InChI=1S/C8H18N2O/c1-8-7-9-3-5-10(8)4-2-6-11/h8-9,11H,2-7H2,1H3. The van der Waals surface area contributed by atoms with Crippen LogP contribution >= 0.6 is 0 Å². The molecule has 1 aliphatic rings. The Morgan fingerprint density at radius 1 is 1.64 bits per heavy atom. The predicted octanol–water partition coefficient (Wildman–Crippen LogP) is -0.337. The van der Waals surface area contributed by atoms with Crippen LogP contribution in [-0.2, 0) is 0 Å². The highest BCUT2D eigenvalue weighted by atomic mass is 16.3. The Morgan fingerprint density at radius 3 is 3.09 bits per heavy atom. The van der Waals surface area contributed by atoms with Crippen molar-refractivity contribution in [2.45, 2.75) is 19.4 Å². The molecule has 1 saturated heterocycles. The first kappa shape index (κ1) is 8.97. The van der Waals surface area contributed by atoms with Gasteiger partial charge in [0.05, 0.1) is 0 Å². The van der Waals surface area contributed by atoms with Gasteiger partial charge in [-0.2, -0.15) is 0 Å². The first-order chi connectivity index (χ1) is 5.34. The van der Waals surface area contributed by atoms with Crippen LogP contribution in [-0.4, -0.2) is 48.8 Å². The van der Waals surface area contributed by atoms with E-state index in [0.717, 1.165) is 32.6 Å². The number of rotatable bonds is 3. The fraction of sp³-hybridized carbons (Fsp3) is 1.00. The fourth-order valence-electron chi connectivity index (χ4n) is 1.49. The molecular weight excluding hydrogens is 140 g/mol. The lowest BCUT2D eigenvalue weighted by Gasteiger charge is -2.33. The average molecular weight is 158 g/mol. The van der Waals surface area contributed by atoms with E-state index in [1.807, 2.05) is 0 Å². The largest absolute Gasteiger partial charge is 0.396 e. The number of hydrogen-bond donors (Lipinski definition) is 2. The van der Waals surface area contributed by atoms with E-state index in [1.165, 1.54) is 0 Å². The molecule has 1 aliphatic heterocycles. The lowest BCUT2D eigenvalue weighted by molar-refractivity contribution is 0.156.